The maximum atomic E-state index is 10.8. The molecule has 2 aromatic carbocycles. The molecule has 166 valence electrons. The van der Waals surface area contributed by atoms with Gasteiger partial charge in [0.05, 0.1) is 18.0 Å². The monoisotopic (exact) mass is 431 g/mol. The van der Waals surface area contributed by atoms with Gasteiger partial charge in [0.1, 0.15) is 11.3 Å². The highest BCUT2D eigenvalue weighted by atomic mass is 16.5. The van der Waals surface area contributed by atoms with Crippen molar-refractivity contribution in [3.8, 4) is 5.88 Å². The Bertz CT molecular complexity index is 1120. The molecule has 0 spiro atoms. The molecule has 0 atom stereocenters. The van der Waals surface area contributed by atoms with Crippen LogP contribution >= 0.6 is 0 Å². The first-order valence-corrected chi connectivity index (χ1v) is 10.8. The summed E-state index contributed by atoms with van der Waals surface area (Å²) in [4.78, 5) is 9.34. The number of aromatic hydroxyl groups is 1. The number of ether oxygens (including phenoxy) is 1. The van der Waals surface area contributed by atoms with Crippen molar-refractivity contribution in [3.05, 3.63) is 78.0 Å². The zero-order chi connectivity index (χ0) is 22.5. The number of methoxy groups -OCH3 is 1. The van der Waals surface area contributed by atoms with Gasteiger partial charge in [0.25, 0.3) is 0 Å². The molecule has 0 radical (unpaired) electrons. The molecule has 0 amide bonds. The number of nitrogens with zero attached hydrogens (tertiary/aromatic N) is 3. The number of nitrogens with one attached hydrogen (secondary N) is 2. The largest absolute Gasteiger partial charge is 0.493 e. The first kappa shape index (κ1) is 21.6. The summed E-state index contributed by atoms with van der Waals surface area (Å²) in [5.74, 6) is 1.22. The Labute approximate surface area is 188 Å². The van der Waals surface area contributed by atoms with Crippen molar-refractivity contribution < 1.29 is 9.84 Å². The van der Waals surface area contributed by atoms with Gasteiger partial charge in [0.2, 0.25) is 11.8 Å². The van der Waals surface area contributed by atoms with Gasteiger partial charge in [-0.15, -0.1) is 0 Å². The molecule has 4 aromatic rings. The zero-order valence-corrected chi connectivity index (χ0v) is 18.6. The molecule has 3 N–H and O–H groups in total. The van der Waals surface area contributed by atoms with E-state index in [1.807, 2.05) is 61.0 Å². The van der Waals surface area contributed by atoms with Gasteiger partial charge in [-0.1, -0.05) is 60.7 Å². The smallest absolute Gasteiger partial charge is 0.225 e. The molecular formula is C25H29N5O2. The summed E-state index contributed by atoms with van der Waals surface area (Å²) >= 11 is 0. The van der Waals surface area contributed by atoms with E-state index < -0.39 is 0 Å². The summed E-state index contributed by atoms with van der Waals surface area (Å²) in [6.07, 6.45) is 1.91. The second-order valence-electron chi connectivity index (χ2n) is 7.93. The average Bonchev–Trinajstić information content (AvgIpc) is 3.16. The van der Waals surface area contributed by atoms with Crippen molar-refractivity contribution in [2.75, 3.05) is 30.9 Å². The number of hydrogen-bond donors (Lipinski definition) is 3. The Balaban J connectivity index is 1.82. The van der Waals surface area contributed by atoms with Gasteiger partial charge in [-0.2, -0.15) is 4.98 Å². The fourth-order valence-electron chi connectivity index (χ4n) is 3.72. The normalized spacial score (nSPS) is 11.4. The van der Waals surface area contributed by atoms with Crippen molar-refractivity contribution >= 4 is 22.7 Å². The maximum absolute atomic E-state index is 10.8. The molecule has 0 aliphatic heterocycles. The van der Waals surface area contributed by atoms with E-state index in [4.69, 9.17) is 9.72 Å². The van der Waals surface area contributed by atoms with E-state index in [0.717, 1.165) is 16.5 Å². The molecule has 0 saturated heterocycles. The molecule has 0 aliphatic carbocycles. The predicted molar refractivity (Wildman–Crippen MR) is 128 cm³/mol. The van der Waals surface area contributed by atoms with Crippen LogP contribution in [0.25, 0.3) is 10.9 Å². The van der Waals surface area contributed by atoms with Crippen LogP contribution in [0, 0.1) is 0 Å². The molecular weight excluding hydrogens is 402 g/mol. The minimum Gasteiger partial charge on any atom is -0.493 e. The fraction of sp³-hybridized carbons (Fsp3) is 0.280. The first-order valence-electron chi connectivity index (χ1n) is 10.8. The Kier molecular flexibility index (Phi) is 6.56. The predicted octanol–water partition coefficient (Wildman–Crippen LogP) is 4.98. The van der Waals surface area contributed by atoms with E-state index in [1.165, 1.54) is 0 Å². The van der Waals surface area contributed by atoms with Crippen LogP contribution in [0.4, 0.5) is 11.8 Å². The highest BCUT2D eigenvalue weighted by Gasteiger charge is 2.21. The Morgan fingerprint density at radius 2 is 1.59 bits per heavy atom. The second-order valence-corrected chi connectivity index (χ2v) is 7.93. The third-order valence-corrected chi connectivity index (χ3v) is 5.36. The third kappa shape index (κ3) is 4.53. The SMILES string of the molecule is COCCNc1nc(NC(c2ccccc2)c2ccccc2)c2cn(C(C)C)c(O)c2n1. The number of benzene rings is 2. The van der Waals surface area contributed by atoms with Gasteiger partial charge in [0.15, 0.2) is 0 Å². The van der Waals surface area contributed by atoms with E-state index in [2.05, 4.69) is 39.9 Å². The van der Waals surface area contributed by atoms with Crippen LogP contribution < -0.4 is 10.6 Å². The lowest BCUT2D eigenvalue weighted by molar-refractivity contribution is 0.210. The number of fused-ring (bicyclic) bond motifs is 1. The van der Waals surface area contributed by atoms with Gasteiger partial charge in [-0.3, -0.25) is 0 Å². The van der Waals surface area contributed by atoms with Gasteiger partial charge in [-0.05, 0) is 25.0 Å². The number of aromatic nitrogens is 3. The van der Waals surface area contributed by atoms with Gasteiger partial charge < -0.3 is 25.0 Å². The lowest BCUT2D eigenvalue weighted by Gasteiger charge is -2.21. The molecule has 7 nitrogen and oxygen atoms in total. The van der Waals surface area contributed by atoms with Crippen molar-refractivity contribution in [3.63, 3.8) is 0 Å². The number of rotatable bonds is 9. The van der Waals surface area contributed by atoms with Gasteiger partial charge >= 0.3 is 0 Å². The highest BCUT2D eigenvalue weighted by Crippen LogP contribution is 2.35. The van der Waals surface area contributed by atoms with Crippen LogP contribution in [0.3, 0.4) is 0 Å². The van der Waals surface area contributed by atoms with Crippen molar-refractivity contribution in [2.24, 2.45) is 0 Å². The summed E-state index contributed by atoms with van der Waals surface area (Å²) in [7, 11) is 1.65. The first-order chi connectivity index (χ1) is 15.6. The molecule has 2 aromatic heterocycles. The van der Waals surface area contributed by atoms with E-state index in [0.29, 0.717) is 30.4 Å². The van der Waals surface area contributed by atoms with Crippen LogP contribution in [0.2, 0.25) is 0 Å². The van der Waals surface area contributed by atoms with Crippen LogP contribution in [-0.2, 0) is 4.74 Å². The van der Waals surface area contributed by atoms with Crippen LogP contribution in [-0.4, -0.2) is 39.9 Å². The van der Waals surface area contributed by atoms with Crippen molar-refractivity contribution in [1.82, 2.24) is 14.5 Å². The minimum atomic E-state index is -0.119. The standard InChI is InChI=1S/C25H29N5O2/c1-17(2)30-16-20-22(24(30)31)28-25(26-14-15-32-3)29-23(20)27-21(18-10-6-4-7-11-18)19-12-8-5-9-13-19/h4-13,16-17,21,31H,14-15H2,1-3H3,(H2,26,27,28,29). The van der Waals surface area contributed by atoms with E-state index in [9.17, 15) is 5.11 Å². The molecule has 7 heteroatoms. The van der Waals surface area contributed by atoms with E-state index >= 15 is 0 Å². The quantitative estimate of drug-likeness (QED) is 0.324. The molecule has 0 unspecified atom stereocenters. The average molecular weight is 432 g/mol. The minimum absolute atomic E-state index is 0.0843. The van der Waals surface area contributed by atoms with Crippen LogP contribution in [0.5, 0.6) is 5.88 Å². The van der Waals surface area contributed by atoms with Crippen molar-refractivity contribution in [1.29, 1.82) is 0 Å². The summed E-state index contributed by atoms with van der Waals surface area (Å²) < 4.78 is 6.94. The lowest BCUT2D eigenvalue weighted by atomic mass is 9.98. The number of hydrogen-bond acceptors (Lipinski definition) is 6. The highest BCUT2D eigenvalue weighted by molar-refractivity contribution is 5.94. The Morgan fingerprint density at radius 1 is 0.969 bits per heavy atom. The van der Waals surface area contributed by atoms with Crippen LogP contribution in [0.15, 0.2) is 66.9 Å². The third-order valence-electron chi connectivity index (χ3n) is 5.36. The van der Waals surface area contributed by atoms with Gasteiger partial charge in [0, 0.05) is 25.9 Å². The Morgan fingerprint density at radius 3 is 2.16 bits per heavy atom. The van der Waals surface area contributed by atoms with Gasteiger partial charge in [-0.25, -0.2) is 4.98 Å². The fourth-order valence-corrected chi connectivity index (χ4v) is 3.72. The number of anilines is 2. The van der Waals surface area contributed by atoms with Crippen LogP contribution in [0.1, 0.15) is 37.1 Å². The summed E-state index contributed by atoms with van der Waals surface area (Å²) in [6, 6.07) is 20.5. The zero-order valence-electron chi connectivity index (χ0n) is 18.6. The van der Waals surface area contributed by atoms with E-state index in [-0.39, 0.29) is 18.0 Å². The Hall–Kier alpha value is -3.58. The lowest BCUT2D eigenvalue weighted by Crippen LogP contribution is -2.15. The second kappa shape index (κ2) is 9.70. The molecule has 0 fully saturated rings. The molecule has 2 heterocycles. The maximum Gasteiger partial charge on any atom is 0.225 e. The molecule has 0 aliphatic rings. The topological polar surface area (TPSA) is 84.2 Å². The van der Waals surface area contributed by atoms with Crippen molar-refractivity contribution in [2.45, 2.75) is 25.9 Å². The van der Waals surface area contributed by atoms with E-state index in [1.54, 1.807) is 7.11 Å². The molecule has 32 heavy (non-hydrogen) atoms. The molecule has 4 rings (SSSR count). The summed E-state index contributed by atoms with van der Waals surface area (Å²) in [5, 5.41) is 18.4. The molecule has 0 saturated carbocycles. The summed E-state index contributed by atoms with van der Waals surface area (Å²) in [6.45, 7) is 5.13. The summed E-state index contributed by atoms with van der Waals surface area (Å²) in [5.41, 5.74) is 2.75. The molecule has 0 bridgehead atoms.